The van der Waals surface area contributed by atoms with Crippen molar-refractivity contribution >= 4 is 157 Å². The number of nitrogens with one attached hydrogen (secondary N) is 1. The van der Waals surface area contributed by atoms with E-state index in [0.717, 1.165) is 73.8 Å². The van der Waals surface area contributed by atoms with Crippen LogP contribution in [0.3, 0.4) is 0 Å². The van der Waals surface area contributed by atoms with Gasteiger partial charge in [0, 0.05) is 24.8 Å². The van der Waals surface area contributed by atoms with Gasteiger partial charge in [-0.3, -0.25) is 27.8 Å². The van der Waals surface area contributed by atoms with Crippen molar-refractivity contribution in [2.24, 2.45) is 0 Å². The predicted octanol–water partition coefficient (Wildman–Crippen LogP) is 10.2. The van der Waals surface area contributed by atoms with Crippen molar-refractivity contribution in [3.8, 4) is 23.0 Å². The molecular weight excluding hydrogens is 1160 g/mol. The van der Waals surface area contributed by atoms with Crippen molar-refractivity contribution in [3.05, 3.63) is 133 Å². The number of imidazole rings is 3. The fraction of sp³-hybridized carbons (Fsp3) is 0.154. The topological polar surface area (TPSA) is 277 Å². The number of pyridine rings is 1. The SMILES string of the molecule is CCOC(=O)c1cn2c(n1)sc1cc(OC)ccc12.COC(=O)C(=O)CBr.COc1ccc2c(c1)sc1nc(C(=O)Nc3cccnc3)cn12.COc1ccc2c(c1)sc1nc(C(=O)O)cn12.COc1ccc2nc(N)sc2c1. The zero-order valence-corrected chi connectivity index (χ0v) is 47.3. The number of methoxy groups -OCH3 is 5. The number of ketones is 1. The van der Waals surface area contributed by atoms with Gasteiger partial charge in [-0.25, -0.2) is 34.3 Å². The number of amides is 1. The van der Waals surface area contributed by atoms with Crippen LogP contribution in [0.25, 0.3) is 55.7 Å². The summed E-state index contributed by atoms with van der Waals surface area (Å²) < 4.78 is 39.5. The van der Waals surface area contributed by atoms with E-state index in [1.165, 1.54) is 58.7 Å². The van der Waals surface area contributed by atoms with Crippen LogP contribution in [0.15, 0.2) is 116 Å². The average molecular weight is 1210 g/mol. The number of carboxylic acids is 1. The number of hydrogen-bond donors (Lipinski definition) is 3. The van der Waals surface area contributed by atoms with Gasteiger partial charge in [-0.05, 0) is 91.9 Å². The number of ether oxygens (including phenoxy) is 6. The largest absolute Gasteiger partial charge is 0.497 e. The van der Waals surface area contributed by atoms with Crippen LogP contribution in [0.4, 0.5) is 10.8 Å². The van der Waals surface area contributed by atoms with E-state index in [1.54, 1.807) is 76.7 Å². The molecule has 0 spiro atoms. The van der Waals surface area contributed by atoms with Crippen LogP contribution in [-0.2, 0) is 19.1 Å². The molecule has 12 rings (SSSR count). The van der Waals surface area contributed by atoms with Gasteiger partial charge >= 0.3 is 17.9 Å². The lowest BCUT2D eigenvalue weighted by molar-refractivity contribution is -0.150. The molecule has 0 saturated carbocycles. The number of nitrogen functional groups attached to an aromatic ring is 1. The number of aromatic nitrogens is 8. The summed E-state index contributed by atoms with van der Waals surface area (Å²) in [6.45, 7) is 2.12. The second kappa shape index (κ2) is 25.6. The number of aromatic carboxylic acids is 1. The van der Waals surface area contributed by atoms with Crippen LogP contribution in [0.1, 0.15) is 38.4 Å². The Labute approximate surface area is 471 Å². The molecule has 8 heterocycles. The van der Waals surface area contributed by atoms with E-state index in [2.05, 4.69) is 50.9 Å². The van der Waals surface area contributed by atoms with E-state index in [9.17, 15) is 24.0 Å². The second-order valence-corrected chi connectivity index (χ2v) is 20.4. The van der Waals surface area contributed by atoms with E-state index in [4.69, 9.17) is 34.5 Å². The monoisotopic (exact) mass is 1210 g/mol. The van der Waals surface area contributed by atoms with Crippen LogP contribution < -0.4 is 30.0 Å². The molecule has 406 valence electrons. The second-order valence-electron chi connectivity index (χ2n) is 15.8. The van der Waals surface area contributed by atoms with Crippen molar-refractivity contribution in [1.29, 1.82) is 0 Å². The minimum Gasteiger partial charge on any atom is -0.497 e. The van der Waals surface area contributed by atoms with E-state index in [-0.39, 0.29) is 22.9 Å². The molecule has 0 radical (unpaired) electrons. The molecule has 0 bridgehead atoms. The number of esters is 2. The molecule has 79 heavy (non-hydrogen) atoms. The Morgan fingerprint density at radius 1 is 0.620 bits per heavy atom. The summed E-state index contributed by atoms with van der Waals surface area (Å²) in [4.78, 5) is 78.2. The molecular formula is C52H45BrN10O12S4. The summed E-state index contributed by atoms with van der Waals surface area (Å²) in [5.41, 5.74) is 10.8. The molecule has 27 heteroatoms. The molecule has 0 unspecified atom stereocenters. The Morgan fingerprint density at radius 2 is 1.09 bits per heavy atom. The number of fused-ring (bicyclic) bond motifs is 10. The standard InChI is InChI=1S/C16H12N4O2S.C13H12N2O3S.C11H8N2O3S.C8H8N2OS.C4H5BrO3/c1-22-11-4-5-13-14(7-11)23-16-19-12(9-20(13)16)15(21)18-10-3-2-6-17-8-10;1-3-18-12(16)9-7-15-10-5-4-8(17-2)6-11(10)19-13(15)14-9;1-16-6-2-3-8-9(4-6)17-11-12-7(10(14)15)5-13(8)11;1-11-5-2-3-6-7(4-5)12-8(9)10-6;1-8-4(7)3(6)2-5/h2-9H,1H3,(H,18,21);4-7H,3H2,1-2H3;2-5H,1H3,(H,14,15);2-4H,1H3,(H2,9,10);2H2,1H3. The Hall–Kier alpha value is -8.76. The first-order valence-electron chi connectivity index (χ1n) is 23.0. The van der Waals surface area contributed by atoms with Crippen LogP contribution >= 0.6 is 61.3 Å². The summed E-state index contributed by atoms with van der Waals surface area (Å²) >= 11 is 8.74. The van der Waals surface area contributed by atoms with Crippen LogP contribution in [0, 0.1) is 0 Å². The lowest BCUT2D eigenvalue weighted by Crippen LogP contribution is -2.15. The van der Waals surface area contributed by atoms with Crippen molar-refractivity contribution in [3.63, 3.8) is 0 Å². The number of carboxylic acid groups (broad SMARTS) is 1. The number of benzene rings is 4. The Bertz CT molecular complexity index is 4150. The number of carbonyl (C=O) groups excluding carboxylic acids is 4. The first-order chi connectivity index (χ1) is 38.2. The van der Waals surface area contributed by atoms with Gasteiger partial charge in [-0.15, -0.1) is 0 Å². The summed E-state index contributed by atoms with van der Waals surface area (Å²) in [5.74, 6) is 0.207. The van der Waals surface area contributed by atoms with Crippen molar-refractivity contribution in [2.75, 3.05) is 58.5 Å². The highest BCUT2D eigenvalue weighted by Crippen LogP contribution is 2.33. The Morgan fingerprint density at radius 3 is 1.53 bits per heavy atom. The number of rotatable bonds is 11. The molecule has 0 saturated heterocycles. The number of nitrogens with zero attached hydrogens (tertiary/aromatic N) is 8. The van der Waals surface area contributed by atoms with Gasteiger partial charge in [0.1, 0.15) is 28.7 Å². The van der Waals surface area contributed by atoms with Gasteiger partial charge < -0.3 is 44.6 Å². The van der Waals surface area contributed by atoms with Gasteiger partial charge in [0.15, 0.2) is 31.4 Å². The van der Waals surface area contributed by atoms with Crippen molar-refractivity contribution < 1.29 is 57.5 Å². The first kappa shape index (κ1) is 56.4. The number of hydrogen-bond acceptors (Lipinski definition) is 21. The highest BCUT2D eigenvalue weighted by atomic mass is 79.9. The number of anilines is 2. The summed E-state index contributed by atoms with van der Waals surface area (Å²) in [7, 11) is 7.70. The maximum Gasteiger partial charge on any atom is 0.375 e. The highest BCUT2D eigenvalue weighted by molar-refractivity contribution is 9.09. The highest BCUT2D eigenvalue weighted by Gasteiger charge is 2.18. The lowest BCUT2D eigenvalue weighted by Gasteiger charge is -2.01. The number of nitrogens with two attached hydrogens (primary N) is 1. The molecule has 8 aromatic heterocycles. The fourth-order valence-corrected chi connectivity index (χ4v) is 11.3. The number of alkyl halides is 1. The van der Waals surface area contributed by atoms with E-state index >= 15 is 0 Å². The van der Waals surface area contributed by atoms with Gasteiger partial charge in [0.05, 0.1) is 100 Å². The predicted molar refractivity (Wildman–Crippen MR) is 308 cm³/mol. The van der Waals surface area contributed by atoms with Crippen molar-refractivity contribution in [2.45, 2.75) is 6.92 Å². The fourth-order valence-electron chi connectivity index (χ4n) is 7.19. The van der Waals surface area contributed by atoms with E-state index < -0.39 is 17.7 Å². The summed E-state index contributed by atoms with van der Waals surface area (Å²) in [6.07, 6.45) is 8.23. The smallest absolute Gasteiger partial charge is 0.375 e. The molecule has 22 nitrogen and oxygen atoms in total. The number of Topliss-reactive ketones (excluding diaryl/α,β-unsaturated/α-hetero) is 1. The molecule has 0 aliphatic rings. The Kier molecular flexibility index (Phi) is 18.3. The van der Waals surface area contributed by atoms with Crippen LogP contribution in [0.2, 0.25) is 0 Å². The summed E-state index contributed by atoms with van der Waals surface area (Å²) in [6, 6.07) is 26.5. The molecule has 0 atom stereocenters. The maximum atomic E-state index is 12.3. The molecule has 1 amide bonds. The molecule has 0 fully saturated rings. The van der Waals surface area contributed by atoms with Gasteiger partial charge in [0.2, 0.25) is 5.78 Å². The third-order valence-corrected chi connectivity index (χ3v) is 15.3. The van der Waals surface area contributed by atoms with E-state index in [0.29, 0.717) is 33.8 Å². The van der Waals surface area contributed by atoms with Crippen LogP contribution in [0.5, 0.6) is 23.0 Å². The number of thiazole rings is 4. The third kappa shape index (κ3) is 13.2. The van der Waals surface area contributed by atoms with E-state index in [1.807, 2.05) is 81.6 Å². The quantitative estimate of drug-likeness (QED) is 0.0617. The zero-order valence-electron chi connectivity index (χ0n) is 42.5. The third-order valence-electron chi connectivity index (χ3n) is 10.9. The lowest BCUT2D eigenvalue weighted by atomic mass is 10.3. The number of carbonyl (C=O) groups is 5. The zero-order chi connectivity index (χ0) is 56.3. The van der Waals surface area contributed by atoms with Gasteiger partial charge in [-0.2, -0.15) is 0 Å². The minimum absolute atomic E-state index is 0.0275. The molecule has 0 aliphatic heterocycles. The molecule has 0 aliphatic carbocycles. The minimum atomic E-state index is -1.01. The molecule has 4 aromatic carbocycles. The van der Waals surface area contributed by atoms with Crippen LogP contribution in [-0.4, -0.2) is 120 Å². The first-order valence-corrected chi connectivity index (χ1v) is 27.4. The average Bonchev–Trinajstić information content (AvgIpc) is 4.45. The Balaban J connectivity index is 0.000000135. The van der Waals surface area contributed by atoms with Gasteiger partial charge in [-0.1, -0.05) is 61.3 Å². The number of halogens is 1. The van der Waals surface area contributed by atoms with Gasteiger partial charge in [0.25, 0.3) is 5.91 Å². The molecule has 4 N–H and O–H groups in total. The normalized spacial score (nSPS) is 10.7. The maximum absolute atomic E-state index is 12.3. The molecule has 12 aromatic rings. The summed E-state index contributed by atoms with van der Waals surface area (Å²) in [5, 5.41) is 12.3. The van der Waals surface area contributed by atoms with Crippen molar-refractivity contribution in [1.82, 2.24) is 38.1 Å².